The summed E-state index contributed by atoms with van der Waals surface area (Å²) in [7, 11) is 0. The second kappa shape index (κ2) is 6.70. The van der Waals surface area contributed by atoms with Gasteiger partial charge in [0.15, 0.2) is 11.0 Å². The van der Waals surface area contributed by atoms with Gasteiger partial charge in [0, 0.05) is 31.4 Å². The van der Waals surface area contributed by atoms with E-state index in [0.717, 1.165) is 12.8 Å². The van der Waals surface area contributed by atoms with Crippen molar-refractivity contribution in [3.05, 3.63) is 28.7 Å². The first-order chi connectivity index (χ1) is 11.0. The minimum Gasteiger partial charge on any atom is -0.360 e. The van der Waals surface area contributed by atoms with Crippen molar-refractivity contribution >= 4 is 17.5 Å². The van der Waals surface area contributed by atoms with Crippen LogP contribution in [0.15, 0.2) is 15.1 Å². The number of aryl methyl sites for hydroxylation is 1. The summed E-state index contributed by atoms with van der Waals surface area (Å²) in [6, 6.07) is 1.50. The Morgan fingerprint density at radius 2 is 2.26 bits per heavy atom. The Hall–Kier alpha value is -1.89. The summed E-state index contributed by atoms with van der Waals surface area (Å²) in [4.78, 5) is 18.7. The lowest BCUT2D eigenvalue weighted by Gasteiger charge is -2.21. The molecular weight excluding hydrogens is 320 g/mol. The van der Waals surface area contributed by atoms with Crippen LogP contribution in [-0.2, 0) is 11.2 Å². The molecule has 2 aromatic heterocycles. The van der Waals surface area contributed by atoms with E-state index in [0.29, 0.717) is 42.0 Å². The zero-order valence-electron chi connectivity index (χ0n) is 13.2. The van der Waals surface area contributed by atoms with Crippen molar-refractivity contribution in [3.8, 4) is 0 Å². The van der Waals surface area contributed by atoms with Crippen molar-refractivity contribution in [1.82, 2.24) is 20.2 Å². The van der Waals surface area contributed by atoms with Crippen LogP contribution in [0.4, 0.5) is 0 Å². The molecule has 3 rings (SSSR count). The standard InChI is InChI=1S/C15H19ClN4O3/c1-9(2)14-17-15(23-19-14)11-4-3-7-20(11)13(21)6-5-10-8-12(16)18-22-10/h8-9,11H,3-7H2,1-2H3. The highest BCUT2D eigenvalue weighted by molar-refractivity contribution is 6.29. The Bertz CT molecular complexity index is 682. The molecule has 1 atom stereocenters. The summed E-state index contributed by atoms with van der Waals surface area (Å²) in [5.74, 6) is 2.07. The molecule has 7 nitrogen and oxygen atoms in total. The Morgan fingerprint density at radius 3 is 2.91 bits per heavy atom. The maximum absolute atomic E-state index is 12.5. The topological polar surface area (TPSA) is 85.3 Å². The molecule has 0 saturated carbocycles. The van der Waals surface area contributed by atoms with Gasteiger partial charge in [0.25, 0.3) is 0 Å². The van der Waals surface area contributed by atoms with E-state index in [1.54, 1.807) is 6.07 Å². The second-order valence-electron chi connectivity index (χ2n) is 6.01. The quantitative estimate of drug-likeness (QED) is 0.832. The van der Waals surface area contributed by atoms with Gasteiger partial charge in [0.1, 0.15) is 11.8 Å². The third-order valence-electron chi connectivity index (χ3n) is 3.95. The molecule has 8 heteroatoms. The number of aromatic nitrogens is 3. The third kappa shape index (κ3) is 3.55. The number of carbonyl (C=O) groups is 1. The highest BCUT2D eigenvalue weighted by Crippen LogP contribution is 2.32. The predicted octanol–water partition coefficient (Wildman–Crippen LogP) is 3.13. The number of halogens is 1. The van der Waals surface area contributed by atoms with Crippen LogP contribution < -0.4 is 0 Å². The first-order valence-corrected chi connectivity index (χ1v) is 8.16. The van der Waals surface area contributed by atoms with Crippen LogP contribution >= 0.6 is 11.6 Å². The lowest BCUT2D eigenvalue weighted by atomic mass is 10.2. The molecule has 1 amide bonds. The van der Waals surface area contributed by atoms with Crippen LogP contribution in [0, 0.1) is 0 Å². The number of rotatable bonds is 5. The summed E-state index contributed by atoms with van der Waals surface area (Å²) in [6.07, 6.45) is 2.60. The van der Waals surface area contributed by atoms with Gasteiger partial charge < -0.3 is 13.9 Å². The molecule has 0 bridgehead atoms. The Morgan fingerprint density at radius 1 is 1.43 bits per heavy atom. The lowest BCUT2D eigenvalue weighted by molar-refractivity contribution is -0.132. The van der Waals surface area contributed by atoms with Crippen molar-refractivity contribution in [1.29, 1.82) is 0 Å². The SMILES string of the molecule is CC(C)c1noc(C2CCCN2C(=O)CCc2cc(Cl)no2)n1. The zero-order chi connectivity index (χ0) is 16.4. The molecule has 2 aromatic rings. The molecule has 1 aliphatic heterocycles. The Labute approximate surface area is 139 Å². The van der Waals surface area contributed by atoms with Gasteiger partial charge in [0.05, 0.1) is 0 Å². The van der Waals surface area contributed by atoms with E-state index in [-0.39, 0.29) is 17.9 Å². The fraction of sp³-hybridized carbons (Fsp3) is 0.600. The predicted molar refractivity (Wildman–Crippen MR) is 81.9 cm³/mol. The lowest BCUT2D eigenvalue weighted by Crippen LogP contribution is -2.30. The summed E-state index contributed by atoms with van der Waals surface area (Å²) in [5.41, 5.74) is 0. The maximum atomic E-state index is 12.5. The highest BCUT2D eigenvalue weighted by Gasteiger charge is 2.34. The molecule has 3 heterocycles. The van der Waals surface area contributed by atoms with E-state index in [1.165, 1.54) is 0 Å². The minimum atomic E-state index is -0.124. The molecular formula is C15H19ClN4O3. The third-order valence-corrected chi connectivity index (χ3v) is 4.13. The molecule has 0 N–H and O–H groups in total. The molecule has 0 spiro atoms. The molecule has 1 fully saturated rings. The number of amides is 1. The van der Waals surface area contributed by atoms with Gasteiger partial charge >= 0.3 is 0 Å². The van der Waals surface area contributed by atoms with Crippen molar-refractivity contribution in [2.24, 2.45) is 0 Å². The van der Waals surface area contributed by atoms with E-state index in [2.05, 4.69) is 15.3 Å². The number of carbonyl (C=O) groups excluding carboxylic acids is 1. The number of nitrogens with zero attached hydrogens (tertiary/aromatic N) is 4. The molecule has 0 aliphatic carbocycles. The van der Waals surface area contributed by atoms with Crippen LogP contribution in [-0.4, -0.2) is 32.6 Å². The van der Waals surface area contributed by atoms with Gasteiger partial charge in [-0.1, -0.05) is 35.8 Å². The molecule has 1 aliphatic rings. The molecule has 23 heavy (non-hydrogen) atoms. The summed E-state index contributed by atoms with van der Waals surface area (Å²) >= 11 is 5.71. The van der Waals surface area contributed by atoms with Gasteiger partial charge in [-0.05, 0) is 12.8 Å². The van der Waals surface area contributed by atoms with E-state index in [9.17, 15) is 4.79 Å². The average molecular weight is 339 g/mol. The fourth-order valence-corrected chi connectivity index (χ4v) is 2.87. The van der Waals surface area contributed by atoms with E-state index < -0.39 is 0 Å². The van der Waals surface area contributed by atoms with Gasteiger partial charge in [-0.15, -0.1) is 0 Å². The average Bonchev–Trinajstić information content (AvgIpc) is 3.24. The van der Waals surface area contributed by atoms with Crippen LogP contribution in [0.25, 0.3) is 0 Å². The van der Waals surface area contributed by atoms with E-state index in [1.807, 2.05) is 18.7 Å². The van der Waals surface area contributed by atoms with Crippen molar-refractivity contribution in [2.45, 2.75) is 51.5 Å². The number of hydrogen-bond acceptors (Lipinski definition) is 6. The zero-order valence-corrected chi connectivity index (χ0v) is 13.9. The Balaban J connectivity index is 1.64. The summed E-state index contributed by atoms with van der Waals surface area (Å²) < 4.78 is 10.4. The molecule has 1 unspecified atom stereocenters. The van der Waals surface area contributed by atoms with Gasteiger partial charge in [-0.25, -0.2) is 0 Å². The van der Waals surface area contributed by atoms with Crippen molar-refractivity contribution in [3.63, 3.8) is 0 Å². The van der Waals surface area contributed by atoms with Crippen molar-refractivity contribution in [2.75, 3.05) is 6.54 Å². The highest BCUT2D eigenvalue weighted by atomic mass is 35.5. The maximum Gasteiger partial charge on any atom is 0.249 e. The normalized spacial score (nSPS) is 18.1. The molecule has 0 radical (unpaired) electrons. The summed E-state index contributed by atoms with van der Waals surface area (Å²) in [5, 5.41) is 7.90. The Kier molecular flexibility index (Phi) is 4.66. The fourth-order valence-electron chi connectivity index (χ4n) is 2.72. The van der Waals surface area contributed by atoms with Crippen LogP contribution in [0.5, 0.6) is 0 Å². The van der Waals surface area contributed by atoms with Gasteiger partial charge in [-0.3, -0.25) is 4.79 Å². The monoisotopic (exact) mass is 338 g/mol. The first-order valence-electron chi connectivity index (χ1n) is 7.78. The molecule has 1 saturated heterocycles. The van der Waals surface area contributed by atoms with Gasteiger partial charge in [-0.2, -0.15) is 4.98 Å². The van der Waals surface area contributed by atoms with Crippen LogP contribution in [0.1, 0.15) is 62.5 Å². The summed E-state index contributed by atoms with van der Waals surface area (Å²) in [6.45, 7) is 4.73. The smallest absolute Gasteiger partial charge is 0.249 e. The molecule has 0 aromatic carbocycles. The largest absolute Gasteiger partial charge is 0.360 e. The van der Waals surface area contributed by atoms with E-state index in [4.69, 9.17) is 20.6 Å². The number of hydrogen-bond donors (Lipinski definition) is 0. The van der Waals surface area contributed by atoms with Gasteiger partial charge in [0.2, 0.25) is 11.8 Å². The van der Waals surface area contributed by atoms with Crippen LogP contribution in [0.2, 0.25) is 5.15 Å². The van der Waals surface area contributed by atoms with Crippen molar-refractivity contribution < 1.29 is 13.8 Å². The number of likely N-dealkylation sites (tertiary alicyclic amines) is 1. The molecule has 124 valence electrons. The first kappa shape index (κ1) is 16.0. The van der Waals surface area contributed by atoms with Crippen LogP contribution in [0.3, 0.4) is 0 Å². The van der Waals surface area contributed by atoms with E-state index >= 15 is 0 Å². The second-order valence-corrected chi connectivity index (χ2v) is 6.39. The minimum absolute atomic E-state index is 0.0457.